The van der Waals surface area contributed by atoms with E-state index in [0.29, 0.717) is 6.61 Å². The zero-order valence-corrected chi connectivity index (χ0v) is 11.7. The summed E-state index contributed by atoms with van der Waals surface area (Å²) in [5.41, 5.74) is 5.89. The number of ether oxygens (including phenoxy) is 1. The quantitative estimate of drug-likeness (QED) is 0.835. The fourth-order valence-corrected chi connectivity index (χ4v) is 1.50. The summed E-state index contributed by atoms with van der Waals surface area (Å²) in [7, 11) is 0. The van der Waals surface area contributed by atoms with E-state index in [9.17, 15) is 4.79 Å². The Bertz CT molecular complexity index is 391. The highest BCUT2D eigenvalue weighted by Crippen LogP contribution is 2.21. The van der Waals surface area contributed by atoms with Crippen molar-refractivity contribution >= 4 is 5.97 Å². The second kappa shape index (κ2) is 5.53. The Morgan fingerprint density at radius 2 is 1.72 bits per heavy atom. The Labute approximate surface area is 109 Å². The first-order chi connectivity index (χ1) is 8.23. The largest absolute Gasteiger partial charge is 0.464 e. The molecule has 18 heavy (non-hydrogen) atoms. The second-order valence-corrected chi connectivity index (χ2v) is 6.01. The van der Waals surface area contributed by atoms with Gasteiger partial charge in [-0.25, -0.2) is 4.79 Å². The smallest absolute Gasteiger partial charge is 0.330 e. The van der Waals surface area contributed by atoms with Crippen LogP contribution in [0, 0.1) is 5.41 Å². The van der Waals surface area contributed by atoms with Gasteiger partial charge in [-0.3, -0.25) is 0 Å². The predicted octanol–water partition coefficient (Wildman–Crippen LogP) is 2.84. The highest BCUT2D eigenvalue weighted by molar-refractivity contribution is 5.81. The summed E-state index contributed by atoms with van der Waals surface area (Å²) in [6, 6.07) is 9.30. The van der Waals surface area contributed by atoms with Crippen molar-refractivity contribution in [2.45, 2.75) is 39.7 Å². The second-order valence-electron chi connectivity index (χ2n) is 6.01. The fraction of sp³-hybridized carbons (Fsp3) is 0.533. The van der Waals surface area contributed by atoms with Crippen LogP contribution in [0.3, 0.4) is 0 Å². The average Bonchev–Trinajstić information content (AvgIpc) is 2.28. The molecule has 1 atom stereocenters. The van der Waals surface area contributed by atoms with E-state index in [1.807, 2.05) is 30.3 Å². The Balaban J connectivity index is 2.61. The molecule has 0 aliphatic heterocycles. The molecular formula is C15H23NO2. The Morgan fingerprint density at radius 3 is 2.22 bits per heavy atom. The van der Waals surface area contributed by atoms with Gasteiger partial charge in [0.1, 0.15) is 5.54 Å². The van der Waals surface area contributed by atoms with Gasteiger partial charge in [0, 0.05) is 0 Å². The van der Waals surface area contributed by atoms with Crippen molar-refractivity contribution < 1.29 is 9.53 Å². The van der Waals surface area contributed by atoms with Gasteiger partial charge in [0.25, 0.3) is 0 Å². The minimum Gasteiger partial charge on any atom is -0.464 e. The molecule has 0 amide bonds. The van der Waals surface area contributed by atoms with E-state index in [0.717, 1.165) is 12.0 Å². The Kier molecular flexibility index (Phi) is 4.52. The van der Waals surface area contributed by atoms with Gasteiger partial charge >= 0.3 is 5.97 Å². The number of benzene rings is 1. The number of rotatable bonds is 4. The monoisotopic (exact) mass is 249 g/mol. The highest BCUT2D eigenvalue weighted by Gasteiger charge is 2.32. The van der Waals surface area contributed by atoms with Gasteiger partial charge in [-0.05, 0) is 24.3 Å². The van der Waals surface area contributed by atoms with Crippen molar-refractivity contribution in [3.63, 3.8) is 0 Å². The van der Waals surface area contributed by atoms with Crippen molar-refractivity contribution in [3.05, 3.63) is 35.9 Å². The van der Waals surface area contributed by atoms with E-state index in [-0.39, 0.29) is 11.4 Å². The fourth-order valence-electron chi connectivity index (χ4n) is 1.50. The van der Waals surface area contributed by atoms with Crippen LogP contribution in [0.4, 0.5) is 0 Å². The summed E-state index contributed by atoms with van der Waals surface area (Å²) in [6.07, 6.45) is 0.823. The van der Waals surface area contributed by atoms with Gasteiger partial charge in [0.05, 0.1) is 6.61 Å². The summed E-state index contributed by atoms with van der Waals surface area (Å²) in [5.74, 6) is -0.377. The third-order valence-electron chi connectivity index (χ3n) is 2.88. The first-order valence-corrected chi connectivity index (χ1v) is 6.25. The van der Waals surface area contributed by atoms with Gasteiger partial charge in [0.15, 0.2) is 0 Å². The molecule has 1 aromatic rings. The molecule has 0 aliphatic carbocycles. The molecule has 1 aromatic carbocycles. The summed E-state index contributed by atoms with van der Waals surface area (Å²) in [5, 5.41) is 0. The summed E-state index contributed by atoms with van der Waals surface area (Å²) >= 11 is 0. The van der Waals surface area contributed by atoms with Crippen LogP contribution in [-0.2, 0) is 15.1 Å². The lowest BCUT2D eigenvalue weighted by Gasteiger charge is -2.24. The molecule has 3 heteroatoms. The molecular weight excluding hydrogens is 226 g/mol. The van der Waals surface area contributed by atoms with Crippen molar-refractivity contribution in [1.82, 2.24) is 0 Å². The van der Waals surface area contributed by atoms with Crippen LogP contribution in [-0.4, -0.2) is 12.6 Å². The third kappa shape index (κ3) is 4.15. The highest BCUT2D eigenvalue weighted by atomic mass is 16.5. The number of esters is 1. The van der Waals surface area contributed by atoms with E-state index in [4.69, 9.17) is 10.5 Å². The molecule has 0 heterocycles. The maximum atomic E-state index is 12.0. The Hall–Kier alpha value is -1.35. The molecule has 100 valence electrons. The molecule has 0 saturated carbocycles. The minimum absolute atomic E-state index is 0.151. The molecule has 3 nitrogen and oxygen atoms in total. The van der Waals surface area contributed by atoms with Crippen LogP contribution >= 0.6 is 0 Å². The molecule has 2 N–H and O–H groups in total. The predicted molar refractivity (Wildman–Crippen MR) is 73.0 cm³/mol. The zero-order chi connectivity index (χ0) is 13.8. The lowest BCUT2D eigenvalue weighted by atomic mass is 9.92. The lowest BCUT2D eigenvalue weighted by molar-refractivity contribution is -0.150. The molecule has 1 rings (SSSR count). The third-order valence-corrected chi connectivity index (χ3v) is 2.88. The number of hydrogen-bond acceptors (Lipinski definition) is 3. The molecule has 0 saturated heterocycles. The number of nitrogens with two attached hydrogens (primary N) is 1. The normalized spacial score (nSPS) is 14.9. The van der Waals surface area contributed by atoms with Crippen LogP contribution in [0.15, 0.2) is 30.3 Å². The van der Waals surface area contributed by atoms with Crippen LogP contribution in [0.1, 0.15) is 39.7 Å². The summed E-state index contributed by atoms with van der Waals surface area (Å²) in [6.45, 7) is 8.42. The zero-order valence-electron chi connectivity index (χ0n) is 11.7. The molecule has 0 spiro atoms. The van der Waals surface area contributed by atoms with Gasteiger partial charge in [0.2, 0.25) is 0 Å². The topological polar surface area (TPSA) is 52.3 Å². The van der Waals surface area contributed by atoms with E-state index in [1.54, 1.807) is 6.92 Å². The maximum Gasteiger partial charge on any atom is 0.330 e. The molecule has 1 unspecified atom stereocenters. The first kappa shape index (κ1) is 14.7. The Morgan fingerprint density at radius 1 is 1.17 bits per heavy atom. The maximum absolute atomic E-state index is 12.0. The lowest BCUT2D eigenvalue weighted by Crippen LogP contribution is -2.43. The number of hydrogen-bond donors (Lipinski definition) is 1. The number of carbonyl (C=O) groups excluding carboxylic acids is 1. The molecule has 0 fully saturated rings. The first-order valence-electron chi connectivity index (χ1n) is 6.25. The SMILES string of the molecule is CC(C)(C)CCOC(=O)C(C)(N)c1ccccc1. The van der Waals surface area contributed by atoms with Crippen LogP contribution in [0.25, 0.3) is 0 Å². The van der Waals surface area contributed by atoms with Crippen molar-refractivity contribution in [3.8, 4) is 0 Å². The van der Waals surface area contributed by atoms with Crippen molar-refractivity contribution in [1.29, 1.82) is 0 Å². The van der Waals surface area contributed by atoms with Crippen LogP contribution in [0.5, 0.6) is 0 Å². The van der Waals surface area contributed by atoms with Gasteiger partial charge in [-0.1, -0.05) is 51.1 Å². The average molecular weight is 249 g/mol. The molecule has 0 aliphatic rings. The van der Waals surface area contributed by atoms with E-state index in [1.165, 1.54) is 0 Å². The van der Waals surface area contributed by atoms with Crippen molar-refractivity contribution in [2.75, 3.05) is 6.61 Å². The van der Waals surface area contributed by atoms with Gasteiger partial charge < -0.3 is 10.5 Å². The molecule has 0 radical (unpaired) electrons. The summed E-state index contributed by atoms with van der Waals surface area (Å²) in [4.78, 5) is 12.0. The van der Waals surface area contributed by atoms with Crippen LogP contribution in [0.2, 0.25) is 0 Å². The van der Waals surface area contributed by atoms with Crippen molar-refractivity contribution in [2.24, 2.45) is 11.1 Å². The standard InChI is InChI=1S/C15H23NO2/c1-14(2,3)10-11-18-13(17)15(4,16)12-8-6-5-7-9-12/h5-9H,10-11,16H2,1-4H3. The van der Waals surface area contributed by atoms with Gasteiger partial charge in [-0.2, -0.15) is 0 Å². The molecule has 0 aromatic heterocycles. The van der Waals surface area contributed by atoms with Crippen LogP contribution < -0.4 is 5.73 Å². The van der Waals surface area contributed by atoms with Gasteiger partial charge in [-0.15, -0.1) is 0 Å². The number of carbonyl (C=O) groups is 1. The summed E-state index contributed by atoms with van der Waals surface area (Å²) < 4.78 is 5.27. The minimum atomic E-state index is -1.08. The van der Waals surface area contributed by atoms with E-state index in [2.05, 4.69) is 20.8 Å². The molecule has 0 bridgehead atoms. The van der Waals surface area contributed by atoms with E-state index < -0.39 is 5.54 Å². The van der Waals surface area contributed by atoms with E-state index >= 15 is 0 Å².